The fourth-order valence-electron chi connectivity index (χ4n) is 2.34. The molecule has 1 amide bonds. The molecule has 3 heterocycles. The zero-order chi connectivity index (χ0) is 16.7. The van der Waals surface area contributed by atoms with Crippen LogP contribution in [-0.2, 0) is 11.2 Å². The molecule has 1 saturated heterocycles. The summed E-state index contributed by atoms with van der Waals surface area (Å²) >= 11 is 3.11. The monoisotopic (exact) mass is 348 g/mol. The lowest BCUT2D eigenvalue weighted by atomic mass is 10.2. The smallest absolute Gasteiger partial charge is 0.234 e. The van der Waals surface area contributed by atoms with Crippen LogP contribution >= 0.6 is 22.7 Å². The molecule has 23 heavy (non-hydrogen) atoms. The van der Waals surface area contributed by atoms with E-state index in [1.165, 1.54) is 24.2 Å². The summed E-state index contributed by atoms with van der Waals surface area (Å²) in [4.78, 5) is 14.8. The van der Waals surface area contributed by atoms with Gasteiger partial charge in [-0.1, -0.05) is 6.07 Å². The predicted molar refractivity (Wildman–Crippen MR) is 95.7 cm³/mol. The number of nitrogens with two attached hydrogens (primary N) is 2. The Morgan fingerprint density at radius 2 is 2.04 bits per heavy atom. The molecule has 3 rings (SSSR count). The molecule has 4 N–H and O–H groups in total. The van der Waals surface area contributed by atoms with Crippen molar-refractivity contribution >= 4 is 34.3 Å². The number of carbonyl (C=O) groups is 1. The number of amides is 1. The van der Waals surface area contributed by atoms with Crippen LogP contribution in [-0.4, -0.2) is 25.0 Å². The maximum absolute atomic E-state index is 10.5. The first-order chi connectivity index (χ1) is 11.1. The fourth-order valence-corrected chi connectivity index (χ4v) is 3.81. The Morgan fingerprint density at radius 3 is 2.61 bits per heavy atom. The largest absolute Gasteiger partial charge is 0.370 e. The molecule has 0 bridgehead atoms. The number of carbonyl (C=O) groups excluding carboxylic acids is 1. The Morgan fingerprint density at radius 1 is 1.30 bits per heavy atom. The van der Waals surface area contributed by atoms with E-state index < -0.39 is 11.9 Å². The van der Waals surface area contributed by atoms with Gasteiger partial charge in [0.25, 0.3) is 0 Å². The Hall–Kier alpha value is -1.88. The van der Waals surface area contributed by atoms with E-state index in [1.807, 2.05) is 22.9 Å². The third kappa shape index (κ3) is 5.06. The van der Waals surface area contributed by atoms with Crippen molar-refractivity contribution in [3.05, 3.63) is 38.7 Å². The van der Waals surface area contributed by atoms with Gasteiger partial charge in [-0.25, -0.2) is 0 Å². The minimum atomic E-state index is -0.548. The fraction of sp³-hybridized carbons (Fsp3) is 0.375. The Labute approximate surface area is 144 Å². The summed E-state index contributed by atoms with van der Waals surface area (Å²) in [6.07, 6.45) is 3.08. The lowest BCUT2D eigenvalue weighted by Crippen LogP contribution is -2.37. The van der Waals surface area contributed by atoms with E-state index in [9.17, 15) is 4.79 Å². The average molecular weight is 348 g/mol. The van der Waals surface area contributed by atoms with Gasteiger partial charge < -0.3 is 16.4 Å². The highest BCUT2D eigenvalue weighted by atomic mass is 32.1. The summed E-state index contributed by atoms with van der Waals surface area (Å²) in [6.45, 7) is 2.23. The third-order valence-electron chi connectivity index (χ3n) is 3.56. The number of rotatable bonds is 4. The van der Waals surface area contributed by atoms with Gasteiger partial charge >= 0.3 is 0 Å². The van der Waals surface area contributed by atoms with E-state index in [2.05, 4.69) is 17.0 Å². The number of anilines is 1. The summed E-state index contributed by atoms with van der Waals surface area (Å²) < 4.78 is 0. The number of hydrogen-bond acceptors (Lipinski definition) is 6. The second-order valence-electron chi connectivity index (χ2n) is 5.23. The van der Waals surface area contributed by atoms with Gasteiger partial charge in [-0.3, -0.25) is 4.79 Å². The molecule has 0 unspecified atom stereocenters. The van der Waals surface area contributed by atoms with Gasteiger partial charge in [0.15, 0.2) is 0 Å². The molecule has 2 aromatic heterocycles. The maximum atomic E-state index is 10.5. The molecule has 1 fully saturated rings. The third-order valence-corrected chi connectivity index (χ3v) is 5.27. The van der Waals surface area contributed by atoms with Crippen LogP contribution in [0.1, 0.15) is 22.6 Å². The molecule has 1 atom stereocenters. The first-order valence-corrected chi connectivity index (χ1v) is 9.17. The molecule has 0 aliphatic carbocycles. The molecule has 1 aliphatic heterocycles. The quantitative estimate of drug-likeness (QED) is 0.886. The van der Waals surface area contributed by atoms with Crippen molar-refractivity contribution in [1.82, 2.24) is 0 Å². The van der Waals surface area contributed by atoms with Crippen molar-refractivity contribution in [1.29, 1.82) is 5.26 Å². The van der Waals surface area contributed by atoms with E-state index in [4.69, 9.17) is 16.7 Å². The van der Waals surface area contributed by atoms with Crippen LogP contribution in [0.15, 0.2) is 29.0 Å². The minimum Gasteiger partial charge on any atom is -0.370 e. The Kier molecular flexibility index (Phi) is 6.59. The van der Waals surface area contributed by atoms with Crippen molar-refractivity contribution in [2.24, 2.45) is 11.5 Å². The minimum absolute atomic E-state index is 0.446. The second-order valence-corrected chi connectivity index (χ2v) is 7.18. The molecule has 5 nitrogen and oxygen atoms in total. The van der Waals surface area contributed by atoms with Gasteiger partial charge in [-0.05, 0) is 35.7 Å². The normalized spacial score (nSPS) is 14.7. The first kappa shape index (κ1) is 17.5. The number of hydrogen-bond donors (Lipinski definition) is 2. The summed E-state index contributed by atoms with van der Waals surface area (Å²) in [5.74, 6) is -0.446. The summed E-state index contributed by atoms with van der Waals surface area (Å²) in [5, 5.41) is 12.7. The van der Waals surface area contributed by atoms with Crippen LogP contribution < -0.4 is 16.4 Å². The zero-order valence-electron chi connectivity index (χ0n) is 12.8. The molecule has 0 aromatic carbocycles. The van der Waals surface area contributed by atoms with Crippen molar-refractivity contribution in [2.45, 2.75) is 25.3 Å². The topological polar surface area (TPSA) is 96.1 Å². The van der Waals surface area contributed by atoms with Gasteiger partial charge in [0, 0.05) is 24.4 Å². The highest BCUT2D eigenvalue weighted by Crippen LogP contribution is 2.27. The highest BCUT2D eigenvalue weighted by Gasteiger charge is 2.16. The van der Waals surface area contributed by atoms with E-state index in [-0.39, 0.29) is 0 Å². The van der Waals surface area contributed by atoms with Crippen LogP contribution in [0, 0.1) is 11.3 Å². The molecule has 1 aliphatic rings. The van der Waals surface area contributed by atoms with Crippen molar-refractivity contribution in [2.75, 3.05) is 18.0 Å². The van der Waals surface area contributed by atoms with Crippen LogP contribution in [0.2, 0.25) is 0 Å². The molecule has 7 heteroatoms. The van der Waals surface area contributed by atoms with Crippen LogP contribution in [0.5, 0.6) is 0 Å². The number of nitrogens with zero attached hydrogens (tertiary/aromatic N) is 2. The summed E-state index contributed by atoms with van der Waals surface area (Å²) in [7, 11) is 0. The number of nitriles is 1. The van der Waals surface area contributed by atoms with Gasteiger partial charge in [-0.15, -0.1) is 22.7 Å². The van der Waals surface area contributed by atoms with Crippen molar-refractivity contribution < 1.29 is 4.79 Å². The second kappa shape index (κ2) is 8.67. The average Bonchev–Trinajstić information content (AvgIpc) is 3.28. The molecule has 0 radical (unpaired) electrons. The van der Waals surface area contributed by atoms with E-state index in [0.717, 1.165) is 28.5 Å². The number of primary amides is 1. The van der Waals surface area contributed by atoms with Crippen LogP contribution in [0.3, 0.4) is 0 Å². The van der Waals surface area contributed by atoms with Gasteiger partial charge in [0.1, 0.15) is 10.9 Å². The van der Waals surface area contributed by atoms with E-state index in [1.54, 1.807) is 11.3 Å². The van der Waals surface area contributed by atoms with Gasteiger partial charge in [0.05, 0.1) is 11.7 Å². The van der Waals surface area contributed by atoms with Crippen LogP contribution in [0.4, 0.5) is 5.69 Å². The Balaban J connectivity index is 0.000000168. The maximum Gasteiger partial charge on any atom is 0.234 e. The molecule has 0 spiro atoms. The lowest BCUT2D eigenvalue weighted by Gasteiger charge is -2.15. The van der Waals surface area contributed by atoms with Crippen molar-refractivity contribution in [3.63, 3.8) is 0 Å². The molecule has 0 saturated carbocycles. The van der Waals surface area contributed by atoms with Gasteiger partial charge in [-0.2, -0.15) is 5.26 Å². The molecular formula is C16H20N4OS2. The highest BCUT2D eigenvalue weighted by molar-refractivity contribution is 7.11. The van der Waals surface area contributed by atoms with E-state index >= 15 is 0 Å². The van der Waals surface area contributed by atoms with Crippen molar-refractivity contribution in [3.8, 4) is 6.07 Å². The predicted octanol–water partition coefficient (Wildman–Crippen LogP) is 2.32. The number of thiophene rings is 2. The molecule has 2 aromatic rings. The standard InChI is InChI=1S/C9H10N2S.C7H10N2OS/c10-7-9-8(3-6-12-9)11-4-1-2-5-11;8-6(7(9)10)4-5-2-1-3-11-5/h3,6H,1-2,4-5H2;1-3,6H,4,8H2,(H2,9,10)/t;6-/m.0/s1. The molecule has 122 valence electrons. The lowest BCUT2D eigenvalue weighted by molar-refractivity contribution is -0.119. The van der Waals surface area contributed by atoms with E-state index in [0.29, 0.717) is 6.42 Å². The van der Waals surface area contributed by atoms with Gasteiger partial charge in [0.2, 0.25) is 5.91 Å². The molecular weight excluding hydrogens is 328 g/mol. The SMILES string of the molecule is N#Cc1sccc1N1CCCC1.NC(=O)[C@@H](N)Cc1cccs1. The van der Waals surface area contributed by atoms with Crippen LogP contribution in [0.25, 0.3) is 0 Å². The first-order valence-electron chi connectivity index (χ1n) is 7.41. The Bertz CT molecular complexity index is 654. The summed E-state index contributed by atoms with van der Waals surface area (Å²) in [5.41, 5.74) is 11.6. The zero-order valence-corrected chi connectivity index (χ0v) is 14.4. The summed E-state index contributed by atoms with van der Waals surface area (Å²) in [6, 6.07) is 7.59.